The summed E-state index contributed by atoms with van der Waals surface area (Å²) in [5.41, 5.74) is 0.346. The lowest BCUT2D eigenvalue weighted by molar-refractivity contribution is 0.0697. The lowest BCUT2D eigenvalue weighted by Gasteiger charge is -2.25. The van der Waals surface area contributed by atoms with Crippen molar-refractivity contribution < 1.29 is 9.90 Å². The highest BCUT2D eigenvalue weighted by atomic mass is 32.2. The molecular weight excluding hydrogens is 220 g/mol. The van der Waals surface area contributed by atoms with Gasteiger partial charge in [-0.05, 0) is 37.1 Å². The van der Waals surface area contributed by atoms with Gasteiger partial charge in [0, 0.05) is 9.64 Å². The number of carboxylic acids is 1. The Morgan fingerprint density at radius 3 is 2.12 bits per heavy atom. The van der Waals surface area contributed by atoms with E-state index in [1.54, 1.807) is 12.1 Å². The molecule has 0 spiro atoms. The molecule has 16 heavy (non-hydrogen) atoms. The van der Waals surface area contributed by atoms with Crippen LogP contribution in [0.25, 0.3) is 0 Å². The highest BCUT2D eigenvalue weighted by Crippen LogP contribution is 2.37. The highest BCUT2D eigenvalue weighted by molar-refractivity contribution is 8.00. The third kappa shape index (κ3) is 3.27. The Morgan fingerprint density at radius 2 is 1.75 bits per heavy atom. The predicted octanol–water partition coefficient (Wildman–Crippen LogP) is 4.06. The zero-order chi connectivity index (χ0) is 12.2. The van der Waals surface area contributed by atoms with Gasteiger partial charge in [0.05, 0.1) is 5.56 Å². The molecule has 0 saturated carbocycles. The van der Waals surface area contributed by atoms with Crippen molar-refractivity contribution in [2.75, 3.05) is 0 Å². The molecule has 0 heterocycles. The van der Waals surface area contributed by atoms with Gasteiger partial charge in [0.1, 0.15) is 0 Å². The molecule has 0 atom stereocenters. The van der Waals surface area contributed by atoms with Crippen molar-refractivity contribution in [3.05, 3.63) is 29.8 Å². The van der Waals surface area contributed by atoms with E-state index in [-0.39, 0.29) is 4.75 Å². The molecule has 1 aromatic rings. The monoisotopic (exact) mass is 238 g/mol. The van der Waals surface area contributed by atoms with Gasteiger partial charge in [0.2, 0.25) is 0 Å². The molecule has 88 valence electrons. The Bertz CT molecular complexity index is 353. The molecule has 0 aromatic heterocycles. The number of hydrogen-bond acceptors (Lipinski definition) is 2. The molecule has 0 amide bonds. The summed E-state index contributed by atoms with van der Waals surface area (Å²) in [5, 5.41) is 8.79. The third-order valence-corrected chi connectivity index (χ3v) is 4.54. The maximum Gasteiger partial charge on any atom is 0.335 e. The van der Waals surface area contributed by atoms with Gasteiger partial charge in [-0.15, -0.1) is 11.8 Å². The van der Waals surface area contributed by atoms with Crippen molar-refractivity contribution in [1.82, 2.24) is 0 Å². The van der Waals surface area contributed by atoms with Crippen molar-refractivity contribution in [2.45, 2.75) is 43.3 Å². The van der Waals surface area contributed by atoms with E-state index in [1.807, 2.05) is 23.9 Å². The number of rotatable bonds is 5. The number of thioether (sulfide) groups is 1. The molecule has 0 aliphatic heterocycles. The lowest BCUT2D eigenvalue weighted by atomic mass is 10.1. The lowest BCUT2D eigenvalue weighted by Crippen LogP contribution is -2.16. The summed E-state index contributed by atoms with van der Waals surface area (Å²) in [4.78, 5) is 11.8. The summed E-state index contributed by atoms with van der Waals surface area (Å²) < 4.78 is 0.241. The fourth-order valence-corrected chi connectivity index (χ4v) is 2.47. The van der Waals surface area contributed by atoms with E-state index in [0.717, 1.165) is 17.7 Å². The van der Waals surface area contributed by atoms with E-state index in [9.17, 15) is 4.79 Å². The average molecular weight is 238 g/mol. The molecule has 0 saturated heterocycles. The van der Waals surface area contributed by atoms with Crippen LogP contribution in [0.2, 0.25) is 0 Å². The summed E-state index contributed by atoms with van der Waals surface area (Å²) in [7, 11) is 0. The highest BCUT2D eigenvalue weighted by Gasteiger charge is 2.20. The van der Waals surface area contributed by atoms with E-state index in [0.29, 0.717) is 5.56 Å². The van der Waals surface area contributed by atoms with Gasteiger partial charge in [0.25, 0.3) is 0 Å². The first-order valence-corrected chi connectivity index (χ1v) is 6.35. The first kappa shape index (κ1) is 13.1. The molecule has 0 aliphatic rings. The van der Waals surface area contributed by atoms with Crippen LogP contribution in [-0.4, -0.2) is 15.8 Å². The molecule has 0 radical (unpaired) electrons. The maximum atomic E-state index is 10.7. The minimum atomic E-state index is -0.870. The van der Waals surface area contributed by atoms with Gasteiger partial charge in [-0.1, -0.05) is 20.8 Å². The van der Waals surface area contributed by atoms with Crippen LogP contribution in [0.5, 0.6) is 0 Å². The Kier molecular flexibility index (Phi) is 4.42. The normalized spacial score (nSPS) is 11.4. The molecule has 2 nitrogen and oxygen atoms in total. The number of benzene rings is 1. The van der Waals surface area contributed by atoms with Crippen LogP contribution in [-0.2, 0) is 0 Å². The summed E-state index contributed by atoms with van der Waals surface area (Å²) in [5.74, 6) is -0.870. The summed E-state index contributed by atoms with van der Waals surface area (Å²) in [6.07, 6.45) is 2.21. The van der Waals surface area contributed by atoms with Crippen LogP contribution in [0.3, 0.4) is 0 Å². The van der Waals surface area contributed by atoms with Crippen LogP contribution >= 0.6 is 11.8 Å². The van der Waals surface area contributed by atoms with Gasteiger partial charge < -0.3 is 5.11 Å². The average Bonchev–Trinajstić information content (AvgIpc) is 2.29. The zero-order valence-electron chi connectivity index (χ0n) is 9.99. The fraction of sp³-hybridized carbons (Fsp3) is 0.462. The van der Waals surface area contributed by atoms with Crippen LogP contribution in [0, 0.1) is 0 Å². The smallest absolute Gasteiger partial charge is 0.335 e. The largest absolute Gasteiger partial charge is 0.478 e. The molecular formula is C13H18O2S. The number of hydrogen-bond donors (Lipinski definition) is 1. The minimum absolute atomic E-state index is 0.241. The minimum Gasteiger partial charge on any atom is -0.478 e. The van der Waals surface area contributed by atoms with Crippen molar-refractivity contribution in [3.63, 3.8) is 0 Å². The number of carboxylic acid groups (broad SMARTS) is 1. The molecule has 0 fully saturated rings. The van der Waals surface area contributed by atoms with Crippen LogP contribution in [0.15, 0.2) is 29.2 Å². The van der Waals surface area contributed by atoms with E-state index >= 15 is 0 Å². The number of carbonyl (C=O) groups is 1. The number of aromatic carboxylic acids is 1. The first-order chi connectivity index (χ1) is 7.50. The van der Waals surface area contributed by atoms with E-state index in [1.165, 1.54) is 0 Å². The zero-order valence-corrected chi connectivity index (χ0v) is 10.8. The SMILES string of the molecule is CCC(C)(CC)Sc1ccc(C(=O)O)cc1. The topological polar surface area (TPSA) is 37.3 Å². The molecule has 3 heteroatoms. The molecule has 0 bridgehead atoms. The second-order valence-electron chi connectivity index (χ2n) is 4.09. The fourth-order valence-electron chi connectivity index (χ4n) is 1.34. The van der Waals surface area contributed by atoms with Crippen molar-refractivity contribution in [2.24, 2.45) is 0 Å². The summed E-state index contributed by atoms with van der Waals surface area (Å²) >= 11 is 1.82. The molecule has 0 unspecified atom stereocenters. The first-order valence-electron chi connectivity index (χ1n) is 5.53. The predicted molar refractivity (Wildman–Crippen MR) is 68.2 cm³/mol. The van der Waals surface area contributed by atoms with Crippen LogP contribution in [0.1, 0.15) is 44.0 Å². The van der Waals surface area contributed by atoms with Gasteiger partial charge in [0.15, 0.2) is 0 Å². The molecule has 1 rings (SSSR count). The second-order valence-corrected chi connectivity index (χ2v) is 5.75. The Morgan fingerprint density at radius 1 is 1.25 bits per heavy atom. The second kappa shape index (κ2) is 5.39. The van der Waals surface area contributed by atoms with E-state index in [4.69, 9.17) is 5.11 Å². The Balaban J connectivity index is 2.79. The van der Waals surface area contributed by atoms with Gasteiger partial charge in [-0.2, -0.15) is 0 Å². The molecule has 1 aromatic carbocycles. The third-order valence-electron chi connectivity index (χ3n) is 2.96. The van der Waals surface area contributed by atoms with E-state index < -0.39 is 5.97 Å². The van der Waals surface area contributed by atoms with Gasteiger partial charge in [-0.25, -0.2) is 4.79 Å². The van der Waals surface area contributed by atoms with Crippen LogP contribution < -0.4 is 0 Å². The Labute approximate surface area is 101 Å². The summed E-state index contributed by atoms with van der Waals surface area (Å²) in [6.45, 7) is 6.60. The molecule has 1 N–H and O–H groups in total. The quantitative estimate of drug-likeness (QED) is 0.786. The van der Waals surface area contributed by atoms with E-state index in [2.05, 4.69) is 20.8 Å². The van der Waals surface area contributed by atoms with Crippen molar-refractivity contribution in [3.8, 4) is 0 Å². The standard InChI is InChI=1S/C13H18O2S/c1-4-13(3,5-2)16-11-8-6-10(7-9-11)12(14)15/h6-9H,4-5H2,1-3H3,(H,14,15). The Hall–Kier alpha value is -0.960. The molecule has 0 aliphatic carbocycles. The van der Waals surface area contributed by atoms with Gasteiger partial charge >= 0.3 is 5.97 Å². The van der Waals surface area contributed by atoms with Crippen molar-refractivity contribution >= 4 is 17.7 Å². The maximum absolute atomic E-state index is 10.7. The van der Waals surface area contributed by atoms with Gasteiger partial charge in [-0.3, -0.25) is 0 Å². The van der Waals surface area contributed by atoms with Crippen LogP contribution in [0.4, 0.5) is 0 Å². The van der Waals surface area contributed by atoms with Crippen molar-refractivity contribution in [1.29, 1.82) is 0 Å². The summed E-state index contributed by atoms with van der Waals surface area (Å²) in [6, 6.07) is 7.10.